The molecule has 3 heterocycles. The Labute approximate surface area is 231 Å². The van der Waals surface area contributed by atoms with Crippen molar-refractivity contribution in [1.82, 2.24) is 15.0 Å². The molecular formula is C19H33N4NaS6. The van der Waals surface area contributed by atoms with Crippen molar-refractivity contribution in [1.29, 1.82) is 0 Å². The molecule has 3 rings (SSSR count). The molecule has 2 atom stereocenters. The number of unbranched alkanes of at least 4 members (excludes halogenated alkanes) is 4. The molecule has 2 unspecified atom stereocenters. The van der Waals surface area contributed by atoms with Gasteiger partial charge in [-0.25, -0.2) is 0 Å². The normalized spacial score (nSPS) is 21.0. The van der Waals surface area contributed by atoms with E-state index < -0.39 is 0 Å². The van der Waals surface area contributed by atoms with Crippen LogP contribution in [0.15, 0.2) is 10.3 Å². The third-order valence-corrected chi connectivity index (χ3v) is 11.7. The number of aromatic nitrogens is 3. The summed E-state index contributed by atoms with van der Waals surface area (Å²) in [5.41, 5.74) is 0. The SMILES string of the molecule is Sc1nc(S)nc(N(CCCCCC2CCSS2)CCCCCC2CCSS2)n1.[NaH]. The molecule has 1 aromatic heterocycles. The molecule has 1 aromatic rings. The zero-order valence-corrected chi connectivity index (χ0v) is 21.9. The van der Waals surface area contributed by atoms with Gasteiger partial charge in [0.2, 0.25) is 5.95 Å². The van der Waals surface area contributed by atoms with E-state index in [0.29, 0.717) is 10.3 Å². The molecule has 11 heteroatoms. The van der Waals surface area contributed by atoms with Gasteiger partial charge in [-0.05, 0) is 38.5 Å². The second-order valence-electron chi connectivity index (χ2n) is 7.58. The van der Waals surface area contributed by atoms with E-state index in [1.54, 1.807) is 0 Å². The molecule has 0 aliphatic carbocycles. The van der Waals surface area contributed by atoms with Gasteiger partial charge < -0.3 is 4.90 Å². The van der Waals surface area contributed by atoms with E-state index in [4.69, 9.17) is 0 Å². The van der Waals surface area contributed by atoms with Crippen molar-refractivity contribution in [3.05, 3.63) is 0 Å². The van der Waals surface area contributed by atoms with Gasteiger partial charge in [-0.1, -0.05) is 68.9 Å². The van der Waals surface area contributed by atoms with Gasteiger partial charge in [-0.15, -0.1) is 25.3 Å². The van der Waals surface area contributed by atoms with Crippen molar-refractivity contribution in [3.8, 4) is 0 Å². The summed E-state index contributed by atoms with van der Waals surface area (Å²) in [6, 6.07) is 0. The first kappa shape index (κ1) is 28.1. The summed E-state index contributed by atoms with van der Waals surface area (Å²) in [4.78, 5) is 15.3. The quantitative estimate of drug-likeness (QED) is 0.138. The van der Waals surface area contributed by atoms with E-state index in [9.17, 15) is 0 Å². The van der Waals surface area contributed by atoms with Crippen LogP contribution in [0.5, 0.6) is 0 Å². The molecule has 2 aliphatic rings. The van der Waals surface area contributed by atoms with Crippen LogP contribution in [-0.2, 0) is 0 Å². The molecular weight excluding hydrogens is 500 g/mol. The van der Waals surface area contributed by atoms with Gasteiger partial charge in [0.25, 0.3) is 0 Å². The van der Waals surface area contributed by atoms with Gasteiger partial charge in [-0.3, -0.25) is 0 Å². The van der Waals surface area contributed by atoms with Gasteiger partial charge in [0.05, 0.1) is 0 Å². The molecule has 0 aromatic carbocycles. The van der Waals surface area contributed by atoms with Crippen LogP contribution >= 0.6 is 68.4 Å². The summed E-state index contributed by atoms with van der Waals surface area (Å²) >= 11 is 8.64. The van der Waals surface area contributed by atoms with Crippen molar-refractivity contribution < 1.29 is 0 Å². The molecule has 0 saturated carbocycles. The number of anilines is 1. The molecule has 0 spiro atoms. The van der Waals surface area contributed by atoms with Crippen molar-refractivity contribution in [2.75, 3.05) is 29.5 Å². The average Bonchev–Trinajstić information content (AvgIpc) is 3.39. The maximum absolute atomic E-state index is 4.47. The number of rotatable bonds is 13. The molecule has 4 nitrogen and oxygen atoms in total. The van der Waals surface area contributed by atoms with Crippen LogP contribution in [0, 0.1) is 0 Å². The molecule has 166 valence electrons. The third kappa shape index (κ3) is 10.9. The number of hydrogen-bond acceptors (Lipinski definition) is 10. The Hall–Kier alpha value is 1.91. The minimum absolute atomic E-state index is 0. The Bertz CT molecular complexity index is 556. The number of nitrogens with zero attached hydrogens (tertiary/aromatic N) is 4. The first-order chi connectivity index (χ1) is 14.2. The van der Waals surface area contributed by atoms with Crippen molar-refractivity contribution in [3.63, 3.8) is 0 Å². The Balaban J connectivity index is 0.00000320. The Morgan fingerprint density at radius 3 is 1.67 bits per heavy atom. The topological polar surface area (TPSA) is 41.9 Å². The van der Waals surface area contributed by atoms with Crippen LogP contribution in [0.4, 0.5) is 5.95 Å². The molecule has 0 radical (unpaired) electrons. The first-order valence-electron chi connectivity index (χ1n) is 10.7. The van der Waals surface area contributed by atoms with Crippen LogP contribution in [-0.4, -0.2) is 79.6 Å². The first-order valence-corrected chi connectivity index (χ1v) is 16.3. The summed E-state index contributed by atoms with van der Waals surface area (Å²) in [6.07, 6.45) is 13.1. The van der Waals surface area contributed by atoms with E-state index in [1.807, 2.05) is 21.6 Å². The van der Waals surface area contributed by atoms with Gasteiger partial charge in [0, 0.05) is 35.1 Å². The maximum atomic E-state index is 4.47. The summed E-state index contributed by atoms with van der Waals surface area (Å²) < 4.78 is 0. The summed E-state index contributed by atoms with van der Waals surface area (Å²) in [7, 11) is 8.26. The van der Waals surface area contributed by atoms with Gasteiger partial charge in [-0.2, -0.15) is 15.0 Å². The van der Waals surface area contributed by atoms with Crippen LogP contribution in [0.1, 0.15) is 64.2 Å². The fourth-order valence-electron chi connectivity index (χ4n) is 3.63. The van der Waals surface area contributed by atoms with Gasteiger partial charge >= 0.3 is 29.6 Å². The summed E-state index contributed by atoms with van der Waals surface area (Å²) in [6.45, 7) is 2.01. The van der Waals surface area contributed by atoms with Gasteiger partial charge in [0.1, 0.15) is 0 Å². The molecule has 2 fully saturated rings. The summed E-state index contributed by atoms with van der Waals surface area (Å²) in [5.74, 6) is 3.40. The standard InChI is InChI=1S/C19H32N4S6.Na.H/c24-18-20-17(21-19(25)22-18)23(11-5-1-3-7-15-9-13-26-28-15)12-6-2-4-8-16-10-14-27-29-16;;/h15-16H,1-14H2,(H2,20,21,22,24,25);;. The number of hydrogen-bond donors (Lipinski definition) is 2. The van der Waals surface area contributed by atoms with E-state index >= 15 is 0 Å². The van der Waals surface area contributed by atoms with Crippen LogP contribution in [0.3, 0.4) is 0 Å². The molecule has 0 bridgehead atoms. The fraction of sp³-hybridized carbons (Fsp3) is 0.842. The van der Waals surface area contributed by atoms with Gasteiger partial charge in [0.15, 0.2) is 10.3 Å². The molecule has 2 saturated heterocycles. The summed E-state index contributed by atoms with van der Waals surface area (Å²) in [5, 5.41) is 2.68. The third-order valence-electron chi connectivity index (χ3n) is 5.25. The average molecular weight is 533 g/mol. The molecule has 30 heavy (non-hydrogen) atoms. The Morgan fingerprint density at radius 1 is 0.733 bits per heavy atom. The van der Waals surface area contributed by atoms with Crippen LogP contribution in [0.2, 0.25) is 0 Å². The van der Waals surface area contributed by atoms with E-state index in [2.05, 4.69) is 66.7 Å². The minimum atomic E-state index is 0. The fourth-order valence-corrected chi connectivity index (χ4v) is 10.1. The molecule has 2 aliphatic heterocycles. The second kappa shape index (κ2) is 16.5. The monoisotopic (exact) mass is 532 g/mol. The van der Waals surface area contributed by atoms with Crippen molar-refractivity contribution in [2.24, 2.45) is 0 Å². The Kier molecular flexibility index (Phi) is 15.5. The second-order valence-corrected chi connectivity index (χ2v) is 14.0. The predicted molar refractivity (Wildman–Crippen MR) is 148 cm³/mol. The molecule has 0 amide bonds. The van der Waals surface area contributed by atoms with Crippen molar-refractivity contribution >= 4 is 104 Å². The van der Waals surface area contributed by atoms with E-state index in [-0.39, 0.29) is 29.6 Å². The van der Waals surface area contributed by atoms with E-state index in [0.717, 1.165) is 29.5 Å². The predicted octanol–water partition coefficient (Wildman–Crippen LogP) is 6.04. The van der Waals surface area contributed by atoms with Crippen LogP contribution in [0.25, 0.3) is 0 Å². The zero-order chi connectivity index (χ0) is 20.3. The van der Waals surface area contributed by atoms with Crippen LogP contribution < -0.4 is 4.90 Å². The number of thiol groups is 2. The molecule has 0 N–H and O–H groups in total. The van der Waals surface area contributed by atoms with Crippen molar-refractivity contribution in [2.45, 2.75) is 85.0 Å². The zero-order valence-electron chi connectivity index (χ0n) is 16.9. The Morgan fingerprint density at radius 2 is 1.23 bits per heavy atom. The van der Waals surface area contributed by atoms with E-state index in [1.165, 1.54) is 75.7 Å².